The summed E-state index contributed by atoms with van der Waals surface area (Å²) in [5.41, 5.74) is -0.748. The molecule has 106 valence electrons. The Kier molecular flexibility index (Phi) is 6.05. The van der Waals surface area contributed by atoms with E-state index >= 15 is 0 Å². The minimum Gasteiger partial charge on any atom is -0.454 e. The molecule has 0 saturated heterocycles. The van der Waals surface area contributed by atoms with Crippen LogP contribution in [0.4, 0.5) is 0 Å². The molecule has 3 nitrogen and oxygen atoms in total. The first-order valence-electron chi connectivity index (χ1n) is 6.90. The van der Waals surface area contributed by atoms with Crippen LogP contribution in [0.25, 0.3) is 0 Å². The standard InChI is InChI=1S/C13H22O3.C2H6/c1-12(2,3)13(4,5)11(15)16-10-8-6-7-9(10)14;1-2/h10H,6-8H2,1-5H3;1-2H3. The molecule has 0 aromatic carbocycles. The Morgan fingerprint density at radius 3 is 2.00 bits per heavy atom. The van der Waals surface area contributed by atoms with E-state index in [0.717, 1.165) is 6.42 Å². The quantitative estimate of drug-likeness (QED) is 0.707. The average Bonchev–Trinajstić information content (AvgIpc) is 2.65. The largest absolute Gasteiger partial charge is 0.454 e. The maximum absolute atomic E-state index is 12.0. The lowest BCUT2D eigenvalue weighted by Crippen LogP contribution is -2.41. The summed E-state index contributed by atoms with van der Waals surface area (Å²) in [6.45, 7) is 13.8. The van der Waals surface area contributed by atoms with Crippen LogP contribution in [0.1, 0.15) is 67.7 Å². The van der Waals surface area contributed by atoms with Gasteiger partial charge in [-0.25, -0.2) is 0 Å². The minimum atomic E-state index is -0.574. The fourth-order valence-corrected chi connectivity index (χ4v) is 1.49. The van der Waals surface area contributed by atoms with E-state index in [4.69, 9.17) is 4.74 Å². The maximum Gasteiger partial charge on any atom is 0.312 e. The Bertz CT molecular complexity index is 297. The van der Waals surface area contributed by atoms with Crippen molar-refractivity contribution in [3.8, 4) is 0 Å². The van der Waals surface area contributed by atoms with Gasteiger partial charge in [-0.15, -0.1) is 0 Å². The summed E-state index contributed by atoms with van der Waals surface area (Å²) in [7, 11) is 0. The second kappa shape index (κ2) is 6.35. The van der Waals surface area contributed by atoms with Crippen molar-refractivity contribution in [1.82, 2.24) is 0 Å². The lowest BCUT2D eigenvalue weighted by atomic mass is 9.69. The van der Waals surface area contributed by atoms with Gasteiger partial charge in [-0.2, -0.15) is 0 Å². The van der Waals surface area contributed by atoms with Crippen molar-refractivity contribution in [2.75, 3.05) is 0 Å². The van der Waals surface area contributed by atoms with Crippen LogP contribution in [-0.2, 0) is 14.3 Å². The summed E-state index contributed by atoms with van der Waals surface area (Å²) in [6, 6.07) is 0. The molecule has 1 rings (SSSR count). The second-order valence-electron chi connectivity index (χ2n) is 6.13. The predicted molar refractivity (Wildman–Crippen MR) is 73.3 cm³/mol. The zero-order valence-electron chi connectivity index (χ0n) is 12.9. The highest BCUT2D eigenvalue weighted by molar-refractivity contribution is 5.88. The van der Waals surface area contributed by atoms with E-state index in [-0.39, 0.29) is 17.2 Å². The van der Waals surface area contributed by atoms with E-state index in [2.05, 4.69) is 0 Å². The molecule has 1 atom stereocenters. The third kappa shape index (κ3) is 3.82. The Morgan fingerprint density at radius 1 is 1.17 bits per heavy atom. The van der Waals surface area contributed by atoms with Gasteiger partial charge in [-0.05, 0) is 32.1 Å². The van der Waals surface area contributed by atoms with Crippen LogP contribution in [0.2, 0.25) is 0 Å². The molecule has 1 aliphatic carbocycles. The summed E-state index contributed by atoms with van der Waals surface area (Å²) in [5.74, 6) is -0.196. The van der Waals surface area contributed by atoms with E-state index in [1.807, 2.05) is 48.5 Å². The van der Waals surface area contributed by atoms with Crippen LogP contribution in [0.15, 0.2) is 0 Å². The fraction of sp³-hybridized carbons (Fsp3) is 0.867. The van der Waals surface area contributed by atoms with Crippen LogP contribution in [0, 0.1) is 10.8 Å². The number of hydrogen-bond acceptors (Lipinski definition) is 3. The zero-order chi connectivity index (χ0) is 14.6. The van der Waals surface area contributed by atoms with Crippen molar-refractivity contribution in [3.05, 3.63) is 0 Å². The fourth-order valence-electron chi connectivity index (χ4n) is 1.49. The molecule has 0 aromatic heterocycles. The van der Waals surface area contributed by atoms with E-state index in [9.17, 15) is 9.59 Å². The van der Waals surface area contributed by atoms with Crippen LogP contribution in [0.3, 0.4) is 0 Å². The van der Waals surface area contributed by atoms with Crippen molar-refractivity contribution in [2.24, 2.45) is 10.8 Å². The Balaban J connectivity index is 0.00000137. The number of carbonyl (C=O) groups excluding carboxylic acids is 2. The van der Waals surface area contributed by atoms with Gasteiger partial charge in [0.25, 0.3) is 0 Å². The van der Waals surface area contributed by atoms with Gasteiger partial charge in [-0.1, -0.05) is 34.6 Å². The van der Waals surface area contributed by atoms with Crippen molar-refractivity contribution in [3.63, 3.8) is 0 Å². The number of esters is 1. The summed E-state index contributed by atoms with van der Waals surface area (Å²) in [5, 5.41) is 0. The molecule has 0 aliphatic heterocycles. The Labute approximate surface area is 111 Å². The summed E-state index contributed by atoms with van der Waals surface area (Å²) >= 11 is 0. The van der Waals surface area contributed by atoms with Crippen molar-refractivity contribution < 1.29 is 14.3 Å². The van der Waals surface area contributed by atoms with Gasteiger partial charge in [0.05, 0.1) is 5.41 Å². The van der Waals surface area contributed by atoms with Crippen LogP contribution in [-0.4, -0.2) is 17.9 Å². The van der Waals surface area contributed by atoms with E-state index < -0.39 is 11.5 Å². The van der Waals surface area contributed by atoms with E-state index in [1.165, 1.54) is 0 Å². The molecular weight excluding hydrogens is 228 g/mol. The highest BCUT2D eigenvalue weighted by atomic mass is 16.5. The molecule has 18 heavy (non-hydrogen) atoms. The lowest BCUT2D eigenvalue weighted by molar-refractivity contribution is -0.168. The second-order valence-corrected chi connectivity index (χ2v) is 6.13. The molecule has 3 heteroatoms. The number of ether oxygens (including phenoxy) is 1. The van der Waals surface area contributed by atoms with Crippen LogP contribution < -0.4 is 0 Å². The Hall–Kier alpha value is -0.860. The highest BCUT2D eigenvalue weighted by Gasteiger charge is 2.43. The monoisotopic (exact) mass is 256 g/mol. The number of hydrogen-bond donors (Lipinski definition) is 0. The topological polar surface area (TPSA) is 43.4 Å². The lowest BCUT2D eigenvalue weighted by Gasteiger charge is -2.36. The molecule has 0 bridgehead atoms. The van der Waals surface area contributed by atoms with Gasteiger partial charge >= 0.3 is 5.97 Å². The van der Waals surface area contributed by atoms with Gasteiger partial charge in [0, 0.05) is 6.42 Å². The molecule has 1 aliphatic rings. The van der Waals surface area contributed by atoms with Gasteiger partial charge in [-0.3, -0.25) is 9.59 Å². The smallest absolute Gasteiger partial charge is 0.312 e. The van der Waals surface area contributed by atoms with E-state index in [0.29, 0.717) is 12.8 Å². The molecule has 1 saturated carbocycles. The highest BCUT2D eigenvalue weighted by Crippen LogP contribution is 2.39. The van der Waals surface area contributed by atoms with Crippen LogP contribution >= 0.6 is 0 Å². The number of ketones is 1. The normalized spacial score (nSPS) is 20.2. The molecule has 0 aromatic rings. The Morgan fingerprint density at radius 2 is 1.67 bits per heavy atom. The molecule has 0 N–H and O–H groups in total. The molecule has 0 amide bonds. The zero-order valence-corrected chi connectivity index (χ0v) is 12.9. The SMILES string of the molecule is CC.CC(C)(C)C(C)(C)C(=O)OC1CCCC1=O. The third-order valence-electron chi connectivity index (χ3n) is 3.88. The predicted octanol–water partition coefficient (Wildman–Crippen LogP) is 3.75. The van der Waals surface area contributed by atoms with Crippen LogP contribution in [0.5, 0.6) is 0 Å². The third-order valence-corrected chi connectivity index (χ3v) is 3.88. The molecule has 1 fully saturated rings. The van der Waals surface area contributed by atoms with Gasteiger partial charge in [0.15, 0.2) is 11.9 Å². The van der Waals surface area contributed by atoms with Crippen molar-refractivity contribution >= 4 is 11.8 Å². The maximum atomic E-state index is 12.0. The van der Waals surface area contributed by atoms with Gasteiger partial charge in [0.1, 0.15) is 0 Å². The average molecular weight is 256 g/mol. The first-order chi connectivity index (χ1) is 8.16. The van der Waals surface area contributed by atoms with E-state index in [1.54, 1.807) is 0 Å². The van der Waals surface area contributed by atoms with Crippen molar-refractivity contribution in [1.29, 1.82) is 0 Å². The van der Waals surface area contributed by atoms with Gasteiger partial charge in [0.2, 0.25) is 0 Å². The summed E-state index contributed by atoms with van der Waals surface area (Å²) in [6.07, 6.45) is 1.58. The van der Waals surface area contributed by atoms with Crippen molar-refractivity contribution in [2.45, 2.75) is 73.8 Å². The first kappa shape index (κ1) is 17.1. The summed E-state index contributed by atoms with van der Waals surface area (Å²) in [4.78, 5) is 23.4. The van der Waals surface area contributed by atoms with Gasteiger partial charge < -0.3 is 4.74 Å². The number of carbonyl (C=O) groups is 2. The first-order valence-corrected chi connectivity index (χ1v) is 6.90. The molecule has 0 radical (unpaired) electrons. The number of rotatable bonds is 2. The number of Topliss-reactive ketones (excluding diaryl/α,β-unsaturated/α-hetero) is 1. The minimum absolute atomic E-state index is 0.0676. The molecular formula is C15H28O3. The molecule has 0 heterocycles. The molecule has 0 spiro atoms. The summed E-state index contributed by atoms with van der Waals surface area (Å²) < 4.78 is 5.33. The molecule has 1 unspecified atom stereocenters.